The molecule has 0 spiro atoms. The summed E-state index contributed by atoms with van der Waals surface area (Å²) in [6.07, 6.45) is -0.162. The lowest BCUT2D eigenvalue weighted by molar-refractivity contribution is 0.0460. The number of hydrogen-bond donors (Lipinski definition) is 1. The third-order valence-corrected chi connectivity index (χ3v) is 3.92. The van der Waals surface area contributed by atoms with Crippen LogP contribution in [0.2, 0.25) is 0 Å². The minimum atomic E-state index is -0.240. The highest BCUT2D eigenvalue weighted by atomic mass is 32.1. The van der Waals surface area contributed by atoms with E-state index in [0.717, 1.165) is 4.88 Å². The molecule has 0 radical (unpaired) electrons. The van der Waals surface area contributed by atoms with Gasteiger partial charge in [0.1, 0.15) is 11.9 Å². The van der Waals surface area contributed by atoms with Crippen molar-refractivity contribution in [2.75, 3.05) is 6.54 Å². The molecule has 0 saturated heterocycles. The molecular formula is C14H16FNOS. The van der Waals surface area contributed by atoms with Gasteiger partial charge in [-0.05, 0) is 30.0 Å². The second-order valence-electron chi connectivity index (χ2n) is 4.09. The highest BCUT2D eigenvalue weighted by Crippen LogP contribution is 2.27. The van der Waals surface area contributed by atoms with E-state index in [1.165, 1.54) is 11.6 Å². The molecule has 2 N–H and O–H groups in total. The second kappa shape index (κ2) is 6.09. The molecule has 2 nitrogen and oxygen atoms in total. The molecule has 0 bridgehead atoms. The molecule has 96 valence electrons. The highest BCUT2D eigenvalue weighted by Gasteiger charge is 2.14. The van der Waals surface area contributed by atoms with Gasteiger partial charge in [0, 0.05) is 17.0 Å². The Morgan fingerprint density at radius 1 is 1.33 bits per heavy atom. The fourth-order valence-corrected chi connectivity index (χ4v) is 2.76. The van der Waals surface area contributed by atoms with Crippen molar-refractivity contribution >= 4 is 11.3 Å². The quantitative estimate of drug-likeness (QED) is 0.899. The number of nitrogens with two attached hydrogens (primary N) is 1. The van der Waals surface area contributed by atoms with Gasteiger partial charge in [-0.15, -0.1) is 11.3 Å². The molecule has 0 saturated carbocycles. The molecule has 2 aromatic rings. The van der Waals surface area contributed by atoms with Gasteiger partial charge in [-0.25, -0.2) is 4.39 Å². The maximum Gasteiger partial charge on any atom is 0.128 e. The Labute approximate surface area is 110 Å². The molecule has 1 aromatic heterocycles. The van der Waals surface area contributed by atoms with E-state index in [1.807, 2.05) is 18.4 Å². The third-order valence-electron chi connectivity index (χ3n) is 2.81. The first kappa shape index (κ1) is 13.2. The van der Waals surface area contributed by atoms with E-state index in [9.17, 15) is 4.39 Å². The van der Waals surface area contributed by atoms with E-state index in [2.05, 4.69) is 0 Å². The van der Waals surface area contributed by atoms with Crippen molar-refractivity contribution in [3.8, 4) is 0 Å². The van der Waals surface area contributed by atoms with Crippen LogP contribution in [0.15, 0.2) is 35.7 Å². The first-order valence-corrected chi connectivity index (χ1v) is 6.69. The van der Waals surface area contributed by atoms with Crippen LogP contribution in [-0.4, -0.2) is 6.54 Å². The predicted molar refractivity (Wildman–Crippen MR) is 72.0 cm³/mol. The molecule has 0 fully saturated rings. The van der Waals surface area contributed by atoms with Gasteiger partial charge < -0.3 is 10.5 Å². The fraction of sp³-hybridized carbons (Fsp3) is 0.286. The molecule has 0 aliphatic carbocycles. The minimum absolute atomic E-state index is 0.162. The van der Waals surface area contributed by atoms with Gasteiger partial charge in [0.2, 0.25) is 0 Å². The lowest BCUT2D eigenvalue weighted by Crippen LogP contribution is -2.15. The largest absolute Gasteiger partial charge is 0.367 e. The van der Waals surface area contributed by atoms with Crippen LogP contribution in [-0.2, 0) is 11.3 Å². The predicted octanol–water partition coefficient (Wildman–Crippen LogP) is 3.41. The van der Waals surface area contributed by atoms with Gasteiger partial charge in [0.15, 0.2) is 0 Å². The Balaban J connectivity index is 2.05. The van der Waals surface area contributed by atoms with E-state index in [1.54, 1.807) is 29.5 Å². The molecule has 0 amide bonds. The molecule has 18 heavy (non-hydrogen) atoms. The molecule has 2 rings (SSSR count). The summed E-state index contributed by atoms with van der Waals surface area (Å²) in [4.78, 5) is 1.12. The van der Waals surface area contributed by atoms with Crippen LogP contribution in [0.4, 0.5) is 4.39 Å². The van der Waals surface area contributed by atoms with Gasteiger partial charge >= 0.3 is 0 Å². The minimum Gasteiger partial charge on any atom is -0.367 e. The molecular weight excluding hydrogens is 249 g/mol. The van der Waals surface area contributed by atoms with Crippen molar-refractivity contribution in [2.24, 2.45) is 5.73 Å². The van der Waals surface area contributed by atoms with E-state index in [0.29, 0.717) is 12.1 Å². The van der Waals surface area contributed by atoms with Gasteiger partial charge in [-0.3, -0.25) is 0 Å². The number of aryl methyl sites for hydroxylation is 1. The van der Waals surface area contributed by atoms with Crippen LogP contribution in [0.25, 0.3) is 0 Å². The molecule has 4 heteroatoms. The number of rotatable bonds is 5. The van der Waals surface area contributed by atoms with Gasteiger partial charge in [-0.2, -0.15) is 0 Å². The van der Waals surface area contributed by atoms with E-state index < -0.39 is 0 Å². The number of halogens is 1. The Morgan fingerprint density at radius 3 is 2.72 bits per heavy atom. The number of hydrogen-bond acceptors (Lipinski definition) is 3. The molecule has 1 heterocycles. The Hall–Kier alpha value is -1.23. The van der Waals surface area contributed by atoms with Crippen LogP contribution in [0, 0.1) is 12.7 Å². The average Bonchev–Trinajstić information content (AvgIpc) is 2.79. The zero-order valence-corrected chi connectivity index (χ0v) is 11.0. The first-order chi connectivity index (χ1) is 8.72. The normalized spacial score (nSPS) is 12.6. The number of ether oxygens (including phenoxy) is 1. The Kier molecular flexibility index (Phi) is 4.47. The first-order valence-electron chi connectivity index (χ1n) is 5.81. The average molecular weight is 265 g/mol. The Morgan fingerprint density at radius 2 is 2.11 bits per heavy atom. The fourth-order valence-electron chi connectivity index (χ4n) is 1.77. The van der Waals surface area contributed by atoms with Crippen molar-refractivity contribution in [2.45, 2.75) is 19.6 Å². The summed E-state index contributed by atoms with van der Waals surface area (Å²) in [6.45, 7) is 2.67. The maximum atomic E-state index is 13.5. The molecule has 1 aromatic carbocycles. The summed E-state index contributed by atoms with van der Waals surface area (Å²) >= 11 is 1.62. The molecule has 1 unspecified atom stereocenters. The Bertz CT molecular complexity index is 512. The van der Waals surface area contributed by atoms with Crippen molar-refractivity contribution in [1.82, 2.24) is 0 Å². The van der Waals surface area contributed by atoms with Gasteiger partial charge in [0.25, 0.3) is 0 Å². The second-order valence-corrected chi connectivity index (χ2v) is 5.04. The molecule has 0 aliphatic heterocycles. The number of thiophene rings is 1. The summed E-state index contributed by atoms with van der Waals surface area (Å²) in [6, 6.07) is 8.67. The summed E-state index contributed by atoms with van der Waals surface area (Å²) in [5.41, 5.74) is 7.45. The van der Waals surface area contributed by atoms with Crippen molar-refractivity contribution in [1.29, 1.82) is 0 Å². The summed E-state index contributed by atoms with van der Waals surface area (Å²) in [5.74, 6) is -0.240. The van der Waals surface area contributed by atoms with Gasteiger partial charge in [-0.1, -0.05) is 18.2 Å². The molecule has 1 atom stereocenters. The monoisotopic (exact) mass is 265 g/mol. The lowest BCUT2D eigenvalue weighted by atomic mass is 10.2. The standard InChI is InChI=1S/C14H16FNOS/c1-10-6-7-18-14(10)13(8-16)17-9-11-4-2-3-5-12(11)15/h2-7,13H,8-9,16H2,1H3. The zero-order chi connectivity index (χ0) is 13.0. The van der Waals surface area contributed by atoms with Crippen LogP contribution >= 0.6 is 11.3 Å². The topological polar surface area (TPSA) is 35.2 Å². The van der Waals surface area contributed by atoms with Gasteiger partial charge in [0.05, 0.1) is 6.61 Å². The van der Waals surface area contributed by atoms with Crippen LogP contribution in [0.1, 0.15) is 22.1 Å². The van der Waals surface area contributed by atoms with Crippen molar-refractivity contribution in [3.63, 3.8) is 0 Å². The maximum absolute atomic E-state index is 13.5. The van der Waals surface area contributed by atoms with Crippen LogP contribution in [0.5, 0.6) is 0 Å². The summed E-state index contributed by atoms with van der Waals surface area (Å²) < 4.78 is 19.2. The summed E-state index contributed by atoms with van der Waals surface area (Å²) in [5, 5.41) is 2.01. The highest BCUT2D eigenvalue weighted by molar-refractivity contribution is 7.10. The van der Waals surface area contributed by atoms with Crippen molar-refractivity contribution < 1.29 is 9.13 Å². The number of benzene rings is 1. The van der Waals surface area contributed by atoms with Crippen LogP contribution < -0.4 is 5.73 Å². The van der Waals surface area contributed by atoms with E-state index >= 15 is 0 Å². The zero-order valence-electron chi connectivity index (χ0n) is 10.2. The van der Waals surface area contributed by atoms with E-state index in [4.69, 9.17) is 10.5 Å². The van der Waals surface area contributed by atoms with Crippen molar-refractivity contribution in [3.05, 3.63) is 57.5 Å². The van der Waals surface area contributed by atoms with Crippen LogP contribution in [0.3, 0.4) is 0 Å². The third kappa shape index (κ3) is 2.96. The SMILES string of the molecule is Cc1ccsc1C(CN)OCc1ccccc1F. The smallest absolute Gasteiger partial charge is 0.128 e. The summed E-state index contributed by atoms with van der Waals surface area (Å²) in [7, 11) is 0. The molecule has 0 aliphatic rings. The van der Waals surface area contributed by atoms with E-state index in [-0.39, 0.29) is 18.5 Å². The lowest BCUT2D eigenvalue weighted by Gasteiger charge is -2.16.